The van der Waals surface area contributed by atoms with Crippen molar-refractivity contribution in [2.45, 2.75) is 13.0 Å². The van der Waals surface area contributed by atoms with E-state index in [1.165, 1.54) is 12.1 Å². The number of anilines is 1. The number of Topliss-reactive ketones (excluding diaryl/α,β-unsaturated/α-hetero) is 1. The summed E-state index contributed by atoms with van der Waals surface area (Å²) in [6.45, 7) is 1.67. The summed E-state index contributed by atoms with van der Waals surface area (Å²) in [5.74, 6) is 0.366. The van der Waals surface area contributed by atoms with Gasteiger partial charge in [0, 0.05) is 15.7 Å². The van der Waals surface area contributed by atoms with Crippen LogP contribution in [0.1, 0.15) is 17.3 Å². The van der Waals surface area contributed by atoms with Crippen LogP contribution in [0.3, 0.4) is 0 Å². The van der Waals surface area contributed by atoms with Crippen LogP contribution in [0, 0.1) is 0 Å². The Balaban J connectivity index is 2.10. The van der Waals surface area contributed by atoms with Crippen molar-refractivity contribution in [3.8, 4) is 5.75 Å². The number of nitrogens with one attached hydrogen (secondary N) is 1. The van der Waals surface area contributed by atoms with Crippen LogP contribution in [0.15, 0.2) is 51.4 Å². The average molecular weight is 477 g/mol. The van der Waals surface area contributed by atoms with Gasteiger partial charge in [0.25, 0.3) is 0 Å². The molecule has 0 fully saturated rings. The maximum atomic E-state index is 12.4. The molecule has 0 aliphatic rings. The Hall–Kier alpha value is -1.38. The molecule has 128 valence electrons. The van der Waals surface area contributed by atoms with Crippen molar-refractivity contribution in [2.75, 3.05) is 11.0 Å². The molecular weight excluding hydrogens is 462 g/mol. The summed E-state index contributed by atoms with van der Waals surface area (Å²) < 4.78 is 32.0. The lowest BCUT2D eigenvalue weighted by Gasteiger charge is -2.15. The van der Waals surface area contributed by atoms with Gasteiger partial charge in [-0.2, -0.15) is 0 Å². The summed E-state index contributed by atoms with van der Waals surface area (Å²) in [4.78, 5) is 12.4. The molecule has 0 radical (unpaired) electrons. The van der Waals surface area contributed by atoms with E-state index in [4.69, 9.17) is 4.74 Å². The highest BCUT2D eigenvalue weighted by Gasteiger charge is 2.18. The summed E-state index contributed by atoms with van der Waals surface area (Å²) in [5.41, 5.74) is 0.841. The van der Waals surface area contributed by atoms with Crippen LogP contribution in [-0.4, -0.2) is 26.6 Å². The third-order valence-electron chi connectivity index (χ3n) is 3.04. The number of carbonyl (C=O) groups excluding carboxylic acids is 1. The van der Waals surface area contributed by atoms with Gasteiger partial charge in [-0.25, -0.2) is 8.42 Å². The Morgan fingerprint density at radius 2 is 1.75 bits per heavy atom. The molecule has 0 saturated heterocycles. The van der Waals surface area contributed by atoms with Crippen LogP contribution in [0.5, 0.6) is 5.75 Å². The van der Waals surface area contributed by atoms with E-state index in [9.17, 15) is 13.2 Å². The van der Waals surface area contributed by atoms with Gasteiger partial charge < -0.3 is 4.74 Å². The molecule has 1 atom stereocenters. The number of rotatable bonds is 6. The van der Waals surface area contributed by atoms with Crippen LogP contribution in [0.2, 0.25) is 0 Å². The molecule has 0 amide bonds. The highest BCUT2D eigenvalue weighted by atomic mass is 79.9. The molecule has 2 aromatic carbocycles. The van der Waals surface area contributed by atoms with Gasteiger partial charge in [0.05, 0.1) is 10.7 Å². The Kier molecular flexibility index (Phi) is 6.06. The van der Waals surface area contributed by atoms with Gasteiger partial charge in [-0.15, -0.1) is 0 Å². The van der Waals surface area contributed by atoms with Gasteiger partial charge >= 0.3 is 0 Å². The number of halogens is 2. The highest BCUT2D eigenvalue weighted by Crippen LogP contribution is 2.29. The SMILES string of the molecule is C[C@H](Oc1ccc(Br)cc1Br)C(=O)c1ccc(NS(C)(=O)=O)cc1. The first-order chi connectivity index (χ1) is 11.2. The molecule has 0 saturated carbocycles. The minimum absolute atomic E-state index is 0.198. The Bertz CT molecular complexity index is 851. The van der Waals surface area contributed by atoms with Crippen molar-refractivity contribution < 1.29 is 17.9 Å². The molecule has 0 bridgehead atoms. The number of hydrogen-bond donors (Lipinski definition) is 1. The second-order valence-corrected chi connectivity index (χ2v) is 8.67. The second kappa shape index (κ2) is 7.67. The first-order valence-corrected chi connectivity index (χ1v) is 10.4. The molecule has 1 N–H and O–H groups in total. The molecule has 0 aromatic heterocycles. The predicted molar refractivity (Wildman–Crippen MR) is 101 cm³/mol. The van der Waals surface area contributed by atoms with Crippen LogP contribution < -0.4 is 9.46 Å². The van der Waals surface area contributed by atoms with Crippen molar-refractivity contribution in [2.24, 2.45) is 0 Å². The van der Waals surface area contributed by atoms with E-state index in [1.54, 1.807) is 25.1 Å². The van der Waals surface area contributed by atoms with Crippen LogP contribution >= 0.6 is 31.9 Å². The topological polar surface area (TPSA) is 72.5 Å². The molecule has 0 aliphatic heterocycles. The lowest BCUT2D eigenvalue weighted by molar-refractivity contribution is 0.0817. The van der Waals surface area contributed by atoms with Crippen molar-refractivity contribution in [3.05, 3.63) is 57.0 Å². The fourth-order valence-electron chi connectivity index (χ4n) is 1.97. The minimum Gasteiger partial charge on any atom is -0.481 e. The van der Waals surface area contributed by atoms with Crippen LogP contribution in [0.25, 0.3) is 0 Å². The molecule has 0 aliphatic carbocycles. The lowest BCUT2D eigenvalue weighted by atomic mass is 10.1. The van der Waals surface area contributed by atoms with Crippen molar-refractivity contribution in [1.29, 1.82) is 0 Å². The summed E-state index contributed by atoms with van der Waals surface area (Å²) in [5, 5.41) is 0. The maximum absolute atomic E-state index is 12.4. The maximum Gasteiger partial charge on any atom is 0.229 e. The average Bonchev–Trinajstić information content (AvgIpc) is 2.48. The van der Waals surface area contributed by atoms with Crippen molar-refractivity contribution in [3.63, 3.8) is 0 Å². The summed E-state index contributed by atoms with van der Waals surface area (Å²) in [6.07, 6.45) is 0.383. The Morgan fingerprint density at radius 1 is 1.12 bits per heavy atom. The molecule has 2 aromatic rings. The van der Waals surface area contributed by atoms with Crippen molar-refractivity contribution in [1.82, 2.24) is 0 Å². The van der Waals surface area contributed by atoms with E-state index >= 15 is 0 Å². The summed E-state index contributed by atoms with van der Waals surface area (Å²) in [7, 11) is -3.34. The van der Waals surface area contributed by atoms with Gasteiger partial charge in [0.2, 0.25) is 15.8 Å². The standard InChI is InChI=1S/C16H15Br2NO4S/c1-10(23-15-8-5-12(17)9-14(15)18)16(20)11-3-6-13(7-4-11)19-24(2,21)22/h3-10,19H,1-2H3/t10-/m0/s1. The smallest absolute Gasteiger partial charge is 0.229 e. The highest BCUT2D eigenvalue weighted by molar-refractivity contribution is 9.11. The zero-order valence-electron chi connectivity index (χ0n) is 12.9. The first kappa shape index (κ1) is 19.0. The monoisotopic (exact) mass is 475 g/mol. The number of ketones is 1. The Labute approximate surface area is 157 Å². The quantitative estimate of drug-likeness (QED) is 0.633. The molecule has 0 unspecified atom stereocenters. The third kappa shape index (κ3) is 5.32. The second-order valence-electron chi connectivity index (χ2n) is 5.15. The van der Waals surface area contributed by atoms with Gasteiger partial charge in [-0.05, 0) is 65.3 Å². The molecule has 5 nitrogen and oxygen atoms in total. The molecule has 0 spiro atoms. The molecule has 8 heteroatoms. The molecule has 0 heterocycles. The van der Waals surface area contributed by atoms with E-state index in [1.807, 2.05) is 12.1 Å². The third-order valence-corrected chi connectivity index (χ3v) is 4.76. The molecular formula is C16H15Br2NO4S. The zero-order valence-corrected chi connectivity index (χ0v) is 16.9. The van der Waals surface area contributed by atoms with Gasteiger partial charge in [0.15, 0.2) is 6.10 Å². The fraction of sp³-hybridized carbons (Fsp3) is 0.188. The zero-order chi connectivity index (χ0) is 17.9. The first-order valence-electron chi connectivity index (χ1n) is 6.89. The van der Waals surface area contributed by atoms with Gasteiger partial charge in [-0.1, -0.05) is 15.9 Å². The van der Waals surface area contributed by atoms with Gasteiger partial charge in [-0.3, -0.25) is 9.52 Å². The minimum atomic E-state index is -3.34. The van der Waals surface area contributed by atoms with Crippen molar-refractivity contribution >= 4 is 53.4 Å². The van der Waals surface area contributed by atoms with E-state index in [2.05, 4.69) is 36.6 Å². The van der Waals surface area contributed by atoms with E-state index in [0.717, 1.165) is 15.2 Å². The number of benzene rings is 2. The number of hydrogen-bond acceptors (Lipinski definition) is 4. The van der Waals surface area contributed by atoms with Crippen LogP contribution in [0.4, 0.5) is 5.69 Å². The molecule has 24 heavy (non-hydrogen) atoms. The van der Waals surface area contributed by atoms with E-state index in [0.29, 0.717) is 17.0 Å². The fourth-order valence-corrected chi connectivity index (χ4v) is 3.67. The van der Waals surface area contributed by atoms with Gasteiger partial charge in [0.1, 0.15) is 5.75 Å². The lowest BCUT2D eigenvalue weighted by Crippen LogP contribution is -2.24. The largest absolute Gasteiger partial charge is 0.481 e. The number of carbonyl (C=O) groups is 1. The Morgan fingerprint density at radius 3 is 2.29 bits per heavy atom. The summed E-state index contributed by atoms with van der Waals surface area (Å²) >= 11 is 6.74. The van der Waals surface area contributed by atoms with Crippen LogP contribution in [-0.2, 0) is 10.0 Å². The van der Waals surface area contributed by atoms with E-state index in [-0.39, 0.29) is 5.78 Å². The molecule has 2 rings (SSSR count). The number of ether oxygens (including phenoxy) is 1. The number of sulfonamides is 1. The van der Waals surface area contributed by atoms with E-state index < -0.39 is 16.1 Å². The summed E-state index contributed by atoms with van der Waals surface area (Å²) in [6, 6.07) is 11.6. The normalized spacial score (nSPS) is 12.5. The predicted octanol–water partition coefficient (Wildman–Crippen LogP) is 4.23.